The first-order chi connectivity index (χ1) is 7.54. The van der Waals surface area contributed by atoms with E-state index in [9.17, 15) is 4.39 Å². The average molecular weight is 226 g/mol. The summed E-state index contributed by atoms with van der Waals surface area (Å²) < 4.78 is 12.8. The maximum Gasteiger partial charge on any atom is 0.141 e. The summed E-state index contributed by atoms with van der Waals surface area (Å²) >= 11 is 0. The number of nitrogens with zero attached hydrogens (tertiary/aromatic N) is 1. The molecule has 0 aromatic carbocycles. The second-order valence-electron chi connectivity index (χ2n) is 4.37. The Kier molecular flexibility index (Phi) is 4.83. The van der Waals surface area contributed by atoms with E-state index in [1.54, 1.807) is 6.07 Å². The molecule has 16 heavy (non-hydrogen) atoms. The van der Waals surface area contributed by atoms with Crippen molar-refractivity contribution in [2.75, 3.05) is 6.61 Å². The predicted octanol–water partition coefficient (Wildman–Crippen LogP) is 1.89. The molecule has 0 aliphatic rings. The lowest BCUT2D eigenvalue weighted by atomic mass is 9.99. The molecule has 0 radical (unpaired) electrons. The highest BCUT2D eigenvalue weighted by Crippen LogP contribution is 2.20. The van der Waals surface area contributed by atoms with Gasteiger partial charge in [-0.15, -0.1) is 0 Å². The molecule has 4 heteroatoms. The van der Waals surface area contributed by atoms with E-state index in [-0.39, 0.29) is 24.5 Å². The molecule has 1 heterocycles. The normalized spacial score (nSPS) is 15.1. The minimum Gasteiger partial charge on any atom is -0.395 e. The van der Waals surface area contributed by atoms with Crippen molar-refractivity contribution in [2.45, 2.75) is 32.9 Å². The van der Waals surface area contributed by atoms with Crippen LogP contribution in [-0.4, -0.2) is 22.7 Å². The van der Waals surface area contributed by atoms with Gasteiger partial charge in [-0.3, -0.25) is 4.98 Å². The summed E-state index contributed by atoms with van der Waals surface area (Å²) in [6, 6.07) is 3.11. The van der Waals surface area contributed by atoms with Crippen LogP contribution < -0.4 is 5.32 Å². The van der Waals surface area contributed by atoms with E-state index in [1.165, 1.54) is 12.3 Å². The molecule has 1 rings (SSSR count). The fraction of sp³-hybridized carbons (Fsp3) is 0.583. The maximum atomic E-state index is 12.8. The zero-order valence-corrected chi connectivity index (χ0v) is 9.94. The molecule has 90 valence electrons. The molecule has 1 aromatic rings. The predicted molar refractivity (Wildman–Crippen MR) is 61.5 cm³/mol. The zero-order chi connectivity index (χ0) is 12.1. The fourth-order valence-corrected chi connectivity index (χ4v) is 1.55. The average Bonchev–Trinajstić information content (AvgIpc) is 2.26. The fourth-order valence-electron chi connectivity index (χ4n) is 1.55. The number of aliphatic hydroxyl groups is 1. The lowest BCUT2D eigenvalue weighted by Crippen LogP contribution is -2.36. The summed E-state index contributed by atoms with van der Waals surface area (Å²) in [5.41, 5.74) is 0.803. The van der Waals surface area contributed by atoms with Crippen LogP contribution in [0.4, 0.5) is 4.39 Å². The molecule has 0 spiro atoms. The van der Waals surface area contributed by atoms with Crippen molar-refractivity contribution in [3.63, 3.8) is 0 Å². The van der Waals surface area contributed by atoms with Crippen LogP contribution in [0.5, 0.6) is 0 Å². The molecule has 2 N–H and O–H groups in total. The highest BCUT2D eigenvalue weighted by molar-refractivity contribution is 5.10. The number of hydrogen-bond donors (Lipinski definition) is 2. The third kappa shape index (κ3) is 3.54. The van der Waals surface area contributed by atoms with Gasteiger partial charge in [0.15, 0.2) is 0 Å². The van der Waals surface area contributed by atoms with Gasteiger partial charge in [0, 0.05) is 6.04 Å². The number of rotatable bonds is 5. The van der Waals surface area contributed by atoms with Gasteiger partial charge in [0.05, 0.1) is 24.5 Å². The first-order valence-electron chi connectivity index (χ1n) is 5.53. The molecule has 0 amide bonds. The quantitative estimate of drug-likeness (QED) is 0.806. The van der Waals surface area contributed by atoms with E-state index in [0.717, 1.165) is 5.69 Å². The molecule has 1 aromatic heterocycles. The van der Waals surface area contributed by atoms with Gasteiger partial charge < -0.3 is 10.4 Å². The van der Waals surface area contributed by atoms with Gasteiger partial charge >= 0.3 is 0 Å². The SMILES string of the molecule is CC(C)C(N[C@H](C)CO)c1ccc(F)cn1. The van der Waals surface area contributed by atoms with E-state index < -0.39 is 0 Å². The smallest absolute Gasteiger partial charge is 0.141 e. The first kappa shape index (κ1) is 13.1. The minimum atomic E-state index is -0.332. The topological polar surface area (TPSA) is 45.1 Å². The van der Waals surface area contributed by atoms with Crippen molar-refractivity contribution in [1.82, 2.24) is 10.3 Å². The molecule has 0 fully saturated rings. The van der Waals surface area contributed by atoms with Crippen LogP contribution in [0.15, 0.2) is 18.3 Å². The standard InChI is InChI=1S/C12H19FN2O/c1-8(2)12(15-9(3)7-16)11-5-4-10(13)6-14-11/h4-6,8-9,12,15-16H,7H2,1-3H3/t9-,12?/m1/s1. The Bertz CT molecular complexity index is 313. The Balaban J connectivity index is 2.81. The second-order valence-corrected chi connectivity index (χ2v) is 4.37. The molecular weight excluding hydrogens is 207 g/mol. The molecule has 3 nitrogen and oxygen atoms in total. The van der Waals surface area contributed by atoms with Crippen LogP contribution in [0.2, 0.25) is 0 Å². The first-order valence-corrected chi connectivity index (χ1v) is 5.53. The molecule has 0 aliphatic heterocycles. The van der Waals surface area contributed by atoms with Crippen molar-refractivity contribution < 1.29 is 9.50 Å². The highest BCUT2D eigenvalue weighted by atomic mass is 19.1. The summed E-state index contributed by atoms with van der Waals surface area (Å²) in [4.78, 5) is 4.07. The van der Waals surface area contributed by atoms with Crippen LogP contribution in [0.1, 0.15) is 32.5 Å². The summed E-state index contributed by atoms with van der Waals surface area (Å²) in [6.07, 6.45) is 1.22. The van der Waals surface area contributed by atoms with Gasteiger partial charge in [-0.25, -0.2) is 4.39 Å². The van der Waals surface area contributed by atoms with Crippen molar-refractivity contribution >= 4 is 0 Å². The van der Waals surface area contributed by atoms with Crippen LogP contribution in [0.25, 0.3) is 0 Å². The Morgan fingerprint density at radius 2 is 2.06 bits per heavy atom. The third-order valence-corrected chi connectivity index (χ3v) is 2.47. The van der Waals surface area contributed by atoms with Gasteiger partial charge in [-0.1, -0.05) is 13.8 Å². The van der Waals surface area contributed by atoms with E-state index in [2.05, 4.69) is 24.1 Å². The van der Waals surface area contributed by atoms with Gasteiger partial charge in [0.25, 0.3) is 0 Å². The van der Waals surface area contributed by atoms with Gasteiger partial charge in [-0.05, 0) is 25.0 Å². The van der Waals surface area contributed by atoms with Crippen LogP contribution in [0.3, 0.4) is 0 Å². The van der Waals surface area contributed by atoms with Crippen LogP contribution in [-0.2, 0) is 0 Å². The monoisotopic (exact) mass is 226 g/mol. The minimum absolute atomic E-state index is 0.000692. The third-order valence-electron chi connectivity index (χ3n) is 2.47. The number of hydrogen-bond acceptors (Lipinski definition) is 3. The number of aromatic nitrogens is 1. The molecule has 0 aliphatic carbocycles. The number of halogens is 1. The van der Waals surface area contributed by atoms with E-state index in [1.807, 2.05) is 6.92 Å². The molecule has 0 saturated carbocycles. The Labute approximate surface area is 95.7 Å². The maximum absolute atomic E-state index is 12.8. The Hall–Kier alpha value is -1.00. The van der Waals surface area contributed by atoms with Gasteiger partial charge in [0.1, 0.15) is 5.82 Å². The zero-order valence-electron chi connectivity index (χ0n) is 9.94. The highest BCUT2D eigenvalue weighted by Gasteiger charge is 2.18. The van der Waals surface area contributed by atoms with Crippen molar-refractivity contribution in [2.24, 2.45) is 5.92 Å². The van der Waals surface area contributed by atoms with Gasteiger partial charge in [-0.2, -0.15) is 0 Å². The summed E-state index contributed by atoms with van der Waals surface area (Å²) in [5.74, 6) is -0.00609. The molecule has 0 bridgehead atoms. The number of pyridine rings is 1. The van der Waals surface area contributed by atoms with Crippen molar-refractivity contribution in [3.8, 4) is 0 Å². The van der Waals surface area contributed by atoms with Crippen molar-refractivity contribution in [3.05, 3.63) is 29.8 Å². The summed E-state index contributed by atoms with van der Waals surface area (Å²) in [6.45, 7) is 6.10. The number of nitrogens with one attached hydrogen (secondary N) is 1. The van der Waals surface area contributed by atoms with Crippen LogP contribution >= 0.6 is 0 Å². The van der Waals surface area contributed by atoms with Crippen LogP contribution in [0, 0.1) is 11.7 Å². The van der Waals surface area contributed by atoms with Crippen molar-refractivity contribution in [1.29, 1.82) is 0 Å². The summed E-state index contributed by atoms with van der Waals surface area (Å²) in [5, 5.41) is 12.3. The Morgan fingerprint density at radius 3 is 2.50 bits per heavy atom. The summed E-state index contributed by atoms with van der Waals surface area (Å²) in [7, 11) is 0. The molecule has 2 atom stereocenters. The van der Waals surface area contributed by atoms with E-state index >= 15 is 0 Å². The lowest BCUT2D eigenvalue weighted by Gasteiger charge is -2.25. The number of aliphatic hydroxyl groups excluding tert-OH is 1. The second kappa shape index (κ2) is 5.92. The van der Waals surface area contributed by atoms with Gasteiger partial charge in [0.2, 0.25) is 0 Å². The van der Waals surface area contributed by atoms with E-state index in [4.69, 9.17) is 5.11 Å². The van der Waals surface area contributed by atoms with E-state index in [0.29, 0.717) is 5.92 Å². The molecule has 0 saturated heterocycles. The lowest BCUT2D eigenvalue weighted by molar-refractivity contribution is 0.228. The largest absolute Gasteiger partial charge is 0.395 e. The Morgan fingerprint density at radius 1 is 1.38 bits per heavy atom. The molecular formula is C12H19FN2O. The molecule has 1 unspecified atom stereocenters.